The van der Waals surface area contributed by atoms with Crippen molar-refractivity contribution in [2.45, 2.75) is 66.9 Å². The van der Waals surface area contributed by atoms with Crippen molar-refractivity contribution in [1.29, 1.82) is 0 Å². The Kier molecular flexibility index (Phi) is 18.1. The predicted octanol–water partition coefficient (Wildman–Crippen LogP) is 2.90. The number of hydrogen-bond donors (Lipinski definition) is 2. The summed E-state index contributed by atoms with van der Waals surface area (Å²) in [7, 11) is 3.87. The van der Waals surface area contributed by atoms with Crippen LogP contribution in [0.25, 0.3) is 0 Å². The Bertz CT molecular complexity index is 238. The van der Waals surface area contributed by atoms with Gasteiger partial charge in [-0.05, 0) is 26.9 Å². The number of likely N-dealkylation sites (N-methyl/N-ethyl adjacent to an activating group) is 2. The molecule has 0 aromatic rings. The van der Waals surface area contributed by atoms with Crippen molar-refractivity contribution in [3.63, 3.8) is 0 Å². The Morgan fingerprint density at radius 1 is 1.04 bits per heavy atom. The van der Waals surface area contributed by atoms with E-state index in [2.05, 4.69) is 45.3 Å². The first-order chi connectivity index (χ1) is 10.9. The third kappa shape index (κ3) is 15.1. The van der Waals surface area contributed by atoms with Crippen molar-refractivity contribution in [1.82, 2.24) is 10.6 Å². The number of rotatable bonds is 8. The molecule has 3 atom stereocenters. The molecule has 5 heteroatoms. The topological polar surface area (TPSA) is 51.8 Å². The second kappa shape index (κ2) is 16.7. The molecule has 0 saturated carbocycles. The van der Waals surface area contributed by atoms with Gasteiger partial charge in [0.2, 0.25) is 0 Å². The molecule has 5 nitrogen and oxygen atoms in total. The average Bonchev–Trinajstić information content (AvgIpc) is 2.99. The highest BCUT2D eigenvalue weighted by Crippen LogP contribution is 2.17. The minimum atomic E-state index is 0.00773. The minimum Gasteiger partial charge on any atom is -0.380 e. The third-order valence-electron chi connectivity index (χ3n) is 3.06. The maximum absolute atomic E-state index is 5.58. The monoisotopic (exact) mass is 334 g/mol. The molecule has 1 aliphatic heterocycles. The van der Waals surface area contributed by atoms with Crippen LogP contribution in [0.3, 0.4) is 0 Å². The highest BCUT2D eigenvalue weighted by molar-refractivity contribution is 4.68. The van der Waals surface area contributed by atoms with Crippen molar-refractivity contribution in [3.8, 4) is 0 Å². The summed E-state index contributed by atoms with van der Waals surface area (Å²) in [6.07, 6.45) is 0.251. The lowest BCUT2D eigenvalue weighted by molar-refractivity contribution is -0.0864. The molecule has 0 radical (unpaired) electrons. The summed E-state index contributed by atoms with van der Waals surface area (Å²) in [5.41, 5.74) is 0. The first-order valence-electron chi connectivity index (χ1n) is 9.07. The van der Waals surface area contributed by atoms with Crippen LogP contribution < -0.4 is 10.6 Å². The molecule has 2 N–H and O–H groups in total. The fourth-order valence-corrected chi connectivity index (χ4v) is 1.72. The third-order valence-corrected chi connectivity index (χ3v) is 3.06. The molecule has 0 aromatic heterocycles. The van der Waals surface area contributed by atoms with Crippen LogP contribution in [-0.2, 0) is 14.2 Å². The van der Waals surface area contributed by atoms with E-state index < -0.39 is 0 Å². The van der Waals surface area contributed by atoms with Crippen molar-refractivity contribution in [3.05, 3.63) is 0 Å². The molecular formula is C18H42N2O3. The van der Waals surface area contributed by atoms with Crippen LogP contribution in [0.5, 0.6) is 0 Å². The molecular weight excluding hydrogens is 292 g/mol. The zero-order chi connectivity index (χ0) is 18.3. The van der Waals surface area contributed by atoms with Gasteiger partial charge in [0, 0.05) is 25.1 Å². The van der Waals surface area contributed by atoms with Crippen molar-refractivity contribution >= 4 is 0 Å². The smallest absolute Gasteiger partial charge is 0.160 e. The van der Waals surface area contributed by atoms with Crippen LogP contribution in [0, 0.1) is 11.8 Å². The van der Waals surface area contributed by atoms with Crippen molar-refractivity contribution in [2.75, 3.05) is 40.5 Å². The number of nitrogens with one attached hydrogen (secondary N) is 2. The van der Waals surface area contributed by atoms with Crippen LogP contribution in [0.2, 0.25) is 0 Å². The van der Waals surface area contributed by atoms with E-state index in [9.17, 15) is 0 Å². The highest BCUT2D eigenvalue weighted by atomic mass is 16.7. The van der Waals surface area contributed by atoms with Gasteiger partial charge in [-0.15, -0.1) is 0 Å². The van der Waals surface area contributed by atoms with Gasteiger partial charge < -0.3 is 24.8 Å². The normalized spacial score (nSPS) is 21.5. The predicted molar refractivity (Wildman–Crippen MR) is 98.9 cm³/mol. The highest BCUT2D eigenvalue weighted by Gasteiger charge is 2.27. The van der Waals surface area contributed by atoms with E-state index in [4.69, 9.17) is 14.2 Å². The average molecular weight is 335 g/mol. The van der Waals surface area contributed by atoms with Gasteiger partial charge >= 0.3 is 0 Å². The lowest BCUT2D eigenvalue weighted by atomic mass is 10.2. The first-order valence-corrected chi connectivity index (χ1v) is 9.07. The van der Waals surface area contributed by atoms with E-state index >= 15 is 0 Å². The number of ether oxygens (including phenoxy) is 3. The molecule has 1 aliphatic rings. The van der Waals surface area contributed by atoms with E-state index in [1.807, 2.05) is 27.9 Å². The first kappa shape index (κ1) is 25.0. The van der Waals surface area contributed by atoms with Gasteiger partial charge in [0.05, 0.1) is 19.3 Å². The summed E-state index contributed by atoms with van der Waals surface area (Å²) >= 11 is 0. The van der Waals surface area contributed by atoms with E-state index in [0.717, 1.165) is 26.4 Å². The molecule has 1 heterocycles. The van der Waals surface area contributed by atoms with Gasteiger partial charge in [-0.25, -0.2) is 0 Å². The van der Waals surface area contributed by atoms with Crippen LogP contribution in [0.15, 0.2) is 0 Å². The van der Waals surface area contributed by atoms with Crippen LogP contribution in [0.4, 0.5) is 0 Å². The Morgan fingerprint density at radius 3 is 2.04 bits per heavy atom. The van der Waals surface area contributed by atoms with Gasteiger partial charge in [0.1, 0.15) is 0 Å². The van der Waals surface area contributed by atoms with Gasteiger partial charge in [0.25, 0.3) is 0 Å². The van der Waals surface area contributed by atoms with E-state index in [1.165, 1.54) is 0 Å². The SMILES string of the molecule is CC.CNC(C)COCC(C)C.CNCC1COC(C(C)C)O1. The largest absolute Gasteiger partial charge is 0.380 e. The molecule has 0 aromatic carbocycles. The van der Waals surface area contributed by atoms with E-state index in [-0.39, 0.29) is 12.4 Å². The maximum atomic E-state index is 5.58. The quantitative estimate of drug-likeness (QED) is 0.715. The molecule has 0 spiro atoms. The van der Waals surface area contributed by atoms with Gasteiger partial charge in [-0.1, -0.05) is 41.5 Å². The second-order valence-corrected chi connectivity index (χ2v) is 6.38. The van der Waals surface area contributed by atoms with Crippen LogP contribution in [0.1, 0.15) is 48.5 Å². The molecule has 0 amide bonds. The summed E-state index contributed by atoms with van der Waals surface area (Å²) in [4.78, 5) is 0. The summed E-state index contributed by atoms with van der Waals surface area (Å²) in [5.74, 6) is 1.10. The molecule has 0 aliphatic carbocycles. The lowest BCUT2D eigenvalue weighted by Gasteiger charge is -2.13. The Hall–Kier alpha value is -0.200. The summed E-state index contributed by atoms with van der Waals surface area (Å²) in [5, 5.41) is 6.18. The van der Waals surface area contributed by atoms with Gasteiger partial charge in [-0.2, -0.15) is 0 Å². The van der Waals surface area contributed by atoms with Crippen molar-refractivity contribution in [2.24, 2.45) is 11.8 Å². The second-order valence-electron chi connectivity index (χ2n) is 6.38. The lowest BCUT2D eigenvalue weighted by Crippen LogP contribution is -2.27. The molecule has 142 valence electrons. The molecule has 1 fully saturated rings. The van der Waals surface area contributed by atoms with E-state index in [0.29, 0.717) is 17.9 Å². The summed E-state index contributed by atoms with van der Waals surface area (Å²) in [6, 6.07) is 0.471. The Balaban J connectivity index is 0. The van der Waals surface area contributed by atoms with Crippen LogP contribution in [-0.4, -0.2) is 58.9 Å². The molecule has 23 heavy (non-hydrogen) atoms. The van der Waals surface area contributed by atoms with Crippen LogP contribution >= 0.6 is 0 Å². The van der Waals surface area contributed by atoms with Gasteiger partial charge in [-0.3, -0.25) is 0 Å². The minimum absolute atomic E-state index is 0.00773. The Morgan fingerprint density at radius 2 is 1.65 bits per heavy atom. The molecule has 1 saturated heterocycles. The summed E-state index contributed by atoms with van der Waals surface area (Å²) in [6.45, 7) is 17.9. The zero-order valence-corrected chi connectivity index (χ0v) is 16.9. The fourth-order valence-electron chi connectivity index (χ4n) is 1.72. The molecule has 0 bridgehead atoms. The standard InChI is InChI=1S/C8H17NO2.C8H19NO.C2H6/c1-6(2)8-10-5-7(11-8)4-9-3;1-7(2)5-10-6-8(3)9-4;1-2/h6-9H,4-5H2,1-3H3;7-9H,5-6H2,1-4H3;1-2H3. The van der Waals surface area contributed by atoms with Gasteiger partial charge in [0.15, 0.2) is 6.29 Å². The van der Waals surface area contributed by atoms with Crippen molar-refractivity contribution < 1.29 is 14.2 Å². The molecule has 1 rings (SSSR count). The summed E-state index contributed by atoms with van der Waals surface area (Å²) < 4.78 is 16.4. The maximum Gasteiger partial charge on any atom is 0.160 e. The Labute approximate surface area is 144 Å². The zero-order valence-electron chi connectivity index (χ0n) is 16.9. The molecule has 3 unspecified atom stereocenters. The van der Waals surface area contributed by atoms with E-state index in [1.54, 1.807) is 0 Å². The fraction of sp³-hybridized carbons (Fsp3) is 1.00. The number of hydrogen-bond acceptors (Lipinski definition) is 5.